The molecule has 12 heavy (non-hydrogen) atoms. The number of hydrogen-bond acceptors (Lipinski definition) is 1. The lowest BCUT2D eigenvalue weighted by Crippen LogP contribution is -2.03. The van der Waals surface area contributed by atoms with Crippen molar-refractivity contribution >= 4 is 13.3 Å². The van der Waals surface area contributed by atoms with Crippen LogP contribution in [-0.2, 0) is 0 Å². The fraction of sp³-hybridized carbons (Fsp3) is 0. The van der Waals surface area contributed by atoms with Crippen LogP contribution in [0.5, 0.6) is 0 Å². The summed E-state index contributed by atoms with van der Waals surface area (Å²) in [6.45, 7) is 0. The SMILES string of the molecule is [B]c1cccc(-n2ccnc2)c1. The van der Waals surface area contributed by atoms with Gasteiger partial charge in [0.15, 0.2) is 0 Å². The second-order valence-electron chi connectivity index (χ2n) is 2.56. The summed E-state index contributed by atoms with van der Waals surface area (Å²) in [6, 6.07) is 7.67. The molecule has 0 fully saturated rings. The van der Waals surface area contributed by atoms with Crippen molar-refractivity contribution in [2.45, 2.75) is 0 Å². The highest BCUT2D eigenvalue weighted by atomic mass is 15.0. The summed E-state index contributed by atoms with van der Waals surface area (Å²) in [5, 5.41) is 0. The van der Waals surface area contributed by atoms with E-state index in [0.717, 1.165) is 11.2 Å². The van der Waals surface area contributed by atoms with E-state index in [4.69, 9.17) is 7.85 Å². The minimum Gasteiger partial charge on any atom is -0.306 e. The van der Waals surface area contributed by atoms with Gasteiger partial charge in [-0.3, -0.25) is 0 Å². The molecule has 0 saturated heterocycles. The summed E-state index contributed by atoms with van der Waals surface area (Å²) in [5.74, 6) is 0. The maximum Gasteiger partial charge on any atom is 0.113 e. The summed E-state index contributed by atoms with van der Waals surface area (Å²) < 4.78 is 1.91. The molecule has 0 N–H and O–H groups in total. The highest BCUT2D eigenvalue weighted by molar-refractivity contribution is 6.32. The summed E-state index contributed by atoms with van der Waals surface area (Å²) in [5.41, 5.74) is 1.80. The van der Waals surface area contributed by atoms with Crippen molar-refractivity contribution in [3.05, 3.63) is 43.0 Å². The Kier molecular flexibility index (Phi) is 1.70. The topological polar surface area (TPSA) is 17.8 Å². The molecule has 1 heterocycles. The van der Waals surface area contributed by atoms with Crippen molar-refractivity contribution in [2.75, 3.05) is 0 Å². The van der Waals surface area contributed by atoms with Crippen LogP contribution >= 0.6 is 0 Å². The Morgan fingerprint density at radius 2 is 2.25 bits per heavy atom. The van der Waals surface area contributed by atoms with E-state index in [2.05, 4.69) is 4.98 Å². The van der Waals surface area contributed by atoms with Crippen molar-refractivity contribution in [2.24, 2.45) is 0 Å². The third-order valence-electron chi connectivity index (χ3n) is 1.67. The average Bonchev–Trinajstić information content (AvgIpc) is 2.56. The molecular weight excluding hydrogens is 147 g/mol. The Morgan fingerprint density at radius 3 is 2.92 bits per heavy atom. The van der Waals surface area contributed by atoms with E-state index in [1.54, 1.807) is 12.5 Å². The van der Waals surface area contributed by atoms with Gasteiger partial charge >= 0.3 is 0 Å². The van der Waals surface area contributed by atoms with E-state index in [1.807, 2.05) is 35.0 Å². The van der Waals surface area contributed by atoms with Crippen molar-refractivity contribution < 1.29 is 0 Å². The van der Waals surface area contributed by atoms with E-state index in [1.165, 1.54) is 0 Å². The molecule has 1 aromatic carbocycles. The Balaban J connectivity index is 2.48. The molecule has 2 nitrogen and oxygen atoms in total. The van der Waals surface area contributed by atoms with Crippen molar-refractivity contribution in [3.8, 4) is 5.69 Å². The van der Waals surface area contributed by atoms with Crippen LogP contribution in [-0.4, -0.2) is 17.4 Å². The van der Waals surface area contributed by atoms with Gasteiger partial charge in [-0.05, 0) is 12.1 Å². The third kappa shape index (κ3) is 1.26. The molecule has 0 spiro atoms. The minimum atomic E-state index is 0.765. The number of hydrogen-bond donors (Lipinski definition) is 0. The van der Waals surface area contributed by atoms with E-state index >= 15 is 0 Å². The molecule has 0 aliphatic heterocycles. The van der Waals surface area contributed by atoms with Gasteiger partial charge in [-0.25, -0.2) is 4.98 Å². The molecule has 2 aromatic rings. The van der Waals surface area contributed by atoms with Crippen LogP contribution in [0.4, 0.5) is 0 Å². The number of aromatic nitrogens is 2. The van der Waals surface area contributed by atoms with Gasteiger partial charge in [0, 0.05) is 18.1 Å². The summed E-state index contributed by atoms with van der Waals surface area (Å²) >= 11 is 0. The molecule has 56 valence electrons. The lowest BCUT2D eigenvalue weighted by molar-refractivity contribution is 1.06. The standard InChI is InChI=1S/C9H7BN2/c10-8-2-1-3-9(6-8)12-5-4-11-7-12/h1-7H. The summed E-state index contributed by atoms with van der Waals surface area (Å²) in [6.07, 6.45) is 5.37. The molecule has 0 aliphatic carbocycles. The van der Waals surface area contributed by atoms with Crippen LogP contribution in [0.15, 0.2) is 43.0 Å². The zero-order chi connectivity index (χ0) is 8.39. The predicted octanol–water partition coefficient (Wildman–Crippen LogP) is 0.666. The second-order valence-corrected chi connectivity index (χ2v) is 2.56. The molecule has 0 unspecified atom stereocenters. The maximum atomic E-state index is 5.63. The molecule has 0 atom stereocenters. The number of imidazole rings is 1. The number of rotatable bonds is 1. The fourth-order valence-corrected chi connectivity index (χ4v) is 1.10. The number of nitrogens with zero attached hydrogens (tertiary/aromatic N) is 2. The monoisotopic (exact) mass is 154 g/mol. The van der Waals surface area contributed by atoms with E-state index in [9.17, 15) is 0 Å². The Bertz CT molecular complexity index is 368. The van der Waals surface area contributed by atoms with Gasteiger partial charge in [0.25, 0.3) is 0 Å². The molecule has 2 radical (unpaired) electrons. The summed E-state index contributed by atoms with van der Waals surface area (Å²) in [7, 11) is 5.63. The highest BCUT2D eigenvalue weighted by Crippen LogP contribution is 2.02. The normalized spacial score (nSPS) is 10.0. The first-order valence-corrected chi connectivity index (χ1v) is 3.70. The molecule has 0 saturated carbocycles. The van der Waals surface area contributed by atoms with E-state index in [0.29, 0.717) is 0 Å². The second kappa shape index (κ2) is 2.85. The molecule has 1 aromatic heterocycles. The van der Waals surface area contributed by atoms with Crippen LogP contribution in [0.2, 0.25) is 0 Å². The van der Waals surface area contributed by atoms with Crippen molar-refractivity contribution in [1.82, 2.24) is 9.55 Å². The Morgan fingerprint density at radius 1 is 1.33 bits per heavy atom. The molecule has 2 rings (SSSR count). The van der Waals surface area contributed by atoms with Gasteiger partial charge in [0.05, 0.1) is 6.33 Å². The van der Waals surface area contributed by atoms with Crippen molar-refractivity contribution in [3.63, 3.8) is 0 Å². The first-order chi connectivity index (χ1) is 5.86. The van der Waals surface area contributed by atoms with Gasteiger partial charge in [0.1, 0.15) is 7.85 Å². The van der Waals surface area contributed by atoms with Gasteiger partial charge in [-0.15, -0.1) is 0 Å². The maximum absolute atomic E-state index is 5.63. The molecule has 3 heteroatoms. The lowest BCUT2D eigenvalue weighted by Gasteiger charge is -2.01. The lowest BCUT2D eigenvalue weighted by atomic mass is 9.96. The number of benzene rings is 1. The predicted molar refractivity (Wildman–Crippen MR) is 49.0 cm³/mol. The average molecular weight is 154 g/mol. The highest BCUT2D eigenvalue weighted by Gasteiger charge is 1.92. The van der Waals surface area contributed by atoms with Gasteiger partial charge in [0.2, 0.25) is 0 Å². The molecule has 0 bridgehead atoms. The first-order valence-electron chi connectivity index (χ1n) is 3.70. The van der Waals surface area contributed by atoms with Gasteiger partial charge in [-0.2, -0.15) is 0 Å². The van der Waals surface area contributed by atoms with E-state index in [-0.39, 0.29) is 0 Å². The van der Waals surface area contributed by atoms with Crippen LogP contribution < -0.4 is 5.46 Å². The summed E-state index contributed by atoms with van der Waals surface area (Å²) in [4.78, 5) is 3.95. The van der Waals surface area contributed by atoms with Crippen LogP contribution in [0, 0.1) is 0 Å². The largest absolute Gasteiger partial charge is 0.306 e. The smallest absolute Gasteiger partial charge is 0.113 e. The minimum absolute atomic E-state index is 0.765. The van der Waals surface area contributed by atoms with Crippen LogP contribution in [0.25, 0.3) is 5.69 Å². The Hall–Kier alpha value is -1.51. The van der Waals surface area contributed by atoms with Crippen LogP contribution in [0.1, 0.15) is 0 Å². The zero-order valence-electron chi connectivity index (χ0n) is 6.51. The quantitative estimate of drug-likeness (QED) is 0.552. The van der Waals surface area contributed by atoms with E-state index < -0.39 is 0 Å². The fourth-order valence-electron chi connectivity index (χ4n) is 1.10. The van der Waals surface area contributed by atoms with Crippen LogP contribution in [0.3, 0.4) is 0 Å². The first kappa shape index (κ1) is 7.16. The van der Waals surface area contributed by atoms with Gasteiger partial charge < -0.3 is 4.57 Å². The molecule has 0 aliphatic rings. The molecule has 0 amide bonds. The van der Waals surface area contributed by atoms with Gasteiger partial charge in [-0.1, -0.05) is 17.6 Å². The van der Waals surface area contributed by atoms with Crippen molar-refractivity contribution in [1.29, 1.82) is 0 Å². The molecular formula is C9H7BN2. The Labute approximate surface area is 72.3 Å². The zero-order valence-corrected chi connectivity index (χ0v) is 6.51. The third-order valence-corrected chi connectivity index (χ3v) is 1.67.